The maximum Gasteiger partial charge on any atom is 0.310 e. The first-order valence-corrected chi connectivity index (χ1v) is 4.64. The number of carbonyl (C=O) groups is 2. The van der Waals surface area contributed by atoms with Crippen molar-refractivity contribution in [3.63, 3.8) is 0 Å². The molecule has 0 amide bonds. The molecule has 0 aromatic heterocycles. The highest BCUT2D eigenvalue weighted by Gasteiger charge is 2.52. The lowest BCUT2D eigenvalue weighted by molar-refractivity contribution is -0.156. The highest BCUT2D eigenvalue weighted by Crippen LogP contribution is 2.48. The van der Waals surface area contributed by atoms with E-state index in [1.807, 2.05) is 12.2 Å². The molecule has 76 valence electrons. The van der Waals surface area contributed by atoms with E-state index in [0.717, 1.165) is 6.42 Å². The second-order valence-electron chi connectivity index (χ2n) is 3.86. The summed E-state index contributed by atoms with van der Waals surface area (Å²) in [7, 11) is 1.30. The largest absolute Gasteiger partial charge is 0.481 e. The molecule has 2 rings (SSSR count). The van der Waals surface area contributed by atoms with Crippen LogP contribution in [0.25, 0.3) is 0 Å². The average molecular weight is 196 g/mol. The van der Waals surface area contributed by atoms with Gasteiger partial charge in [-0.05, 0) is 18.3 Å². The Morgan fingerprint density at radius 1 is 1.29 bits per heavy atom. The van der Waals surface area contributed by atoms with Gasteiger partial charge in [0.05, 0.1) is 18.9 Å². The summed E-state index contributed by atoms with van der Waals surface area (Å²) in [5.74, 6) is -2.27. The van der Waals surface area contributed by atoms with Crippen molar-refractivity contribution in [3.8, 4) is 0 Å². The van der Waals surface area contributed by atoms with E-state index in [1.165, 1.54) is 7.11 Å². The summed E-state index contributed by atoms with van der Waals surface area (Å²) in [4.78, 5) is 22.4. The molecule has 4 atom stereocenters. The van der Waals surface area contributed by atoms with Gasteiger partial charge >= 0.3 is 11.9 Å². The van der Waals surface area contributed by atoms with Crippen LogP contribution in [0.15, 0.2) is 12.2 Å². The lowest BCUT2D eigenvalue weighted by Crippen LogP contribution is -2.33. The highest BCUT2D eigenvalue weighted by atomic mass is 16.5. The van der Waals surface area contributed by atoms with E-state index < -0.39 is 23.8 Å². The Hall–Kier alpha value is -1.32. The van der Waals surface area contributed by atoms with Crippen LogP contribution < -0.4 is 0 Å². The van der Waals surface area contributed by atoms with Gasteiger partial charge < -0.3 is 9.84 Å². The predicted molar refractivity (Wildman–Crippen MR) is 47.4 cm³/mol. The molecule has 1 fully saturated rings. The average Bonchev–Trinajstić information content (AvgIpc) is 2.74. The minimum absolute atomic E-state index is 0.0154. The van der Waals surface area contributed by atoms with E-state index in [-0.39, 0.29) is 11.8 Å². The van der Waals surface area contributed by atoms with Gasteiger partial charge in [0, 0.05) is 0 Å². The molecular weight excluding hydrogens is 184 g/mol. The number of fused-ring (bicyclic) bond motifs is 2. The lowest BCUT2D eigenvalue weighted by atomic mass is 9.83. The van der Waals surface area contributed by atoms with Crippen molar-refractivity contribution < 1.29 is 19.4 Å². The molecule has 4 heteroatoms. The molecule has 14 heavy (non-hydrogen) atoms. The number of carboxylic acids is 1. The van der Waals surface area contributed by atoms with Gasteiger partial charge in [-0.15, -0.1) is 0 Å². The van der Waals surface area contributed by atoms with E-state index in [9.17, 15) is 9.59 Å². The molecular formula is C10H12O4. The number of hydrogen-bond donors (Lipinski definition) is 1. The number of methoxy groups -OCH3 is 1. The van der Waals surface area contributed by atoms with Crippen molar-refractivity contribution in [2.24, 2.45) is 23.7 Å². The molecule has 2 aliphatic carbocycles. The molecule has 2 aliphatic rings. The Labute approximate surface area is 81.6 Å². The van der Waals surface area contributed by atoms with Gasteiger partial charge in [-0.3, -0.25) is 9.59 Å². The number of ether oxygens (including phenoxy) is 1. The summed E-state index contributed by atoms with van der Waals surface area (Å²) in [5, 5.41) is 9.01. The Balaban J connectivity index is 2.26. The Morgan fingerprint density at radius 3 is 2.36 bits per heavy atom. The second kappa shape index (κ2) is 3.12. The van der Waals surface area contributed by atoms with Gasteiger partial charge in [-0.1, -0.05) is 12.2 Å². The number of carboxylic acid groups (broad SMARTS) is 1. The molecule has 0 aliphatic heterocycles. The van der Waals surface area contributed by atoms with E-state index in [0.29, 0.717) is 0 Å². The van der Waals surface area contributed by atoms with Crippen LogP contribution in [-0.4, -0.2) is 24.2 Å². The van der Waals surface area contributed by atoms with Gasteiger partial charge in [-0.2, -0.15) is 0 Å². The number of allylic oxidation sites excluding steroid dienone is 2. The van der Waals surface area contributed by atoms with Crippen LogP contribution in [0.3, 0.4) is 0 Å². The number of esters is 1. The molecule has 0 radical (unpaired) electrons. The Kier molecular flexibility index (Phi) is 2.06. The zero-order valence-electron chi connectivity index (χ0n) is 7.84. The number of hydrogen-bond acceptors (Lipinski definition) is 3. The summed E-state index contributed by atoms with van der Waals surface area (Å²) in [6.45, 7) is 0. The van der Waals surface area contributed by atoms with Gasteiger partial charge in [0.2, 0.25) is 0 Å². The fourth-order valence-corrected chi connectivity index (χ4v) is 2.62. The van der Waals surface area contributed by atoms with Crippen LogP contribution in [0.4, 0.5) is 0 Å². The van der Waals surface area contributed by atoms with Crippen molar-refractivity contribution in [1.82, 2.24) is 0 Å². The molecule has 1 N–H and O–H groups in total. The summed E-state index contributed by atoms with van der Waals surface area (Å²) >= 11 is 0. The van der Waals surface area contributed by atoms with Crippen LogP contribution in [0.1, 0.15) is 6.42 Å². The molecule has 0 aromatic rings. The van der Waals surface area contributed by atoms with Crippen molar-refractivity contribution in [2.45, 2.75) is 6.42 Å². The predicted octanol–water partition coefficient (Wildman–Crippen LogP) is 0.682. The molecule has 4 nitrogen and oxygen atoms in total. The van der Waals surface area contributed by atoms with Crippen LogP contribution in [0.2, 0.25) is 0 Å². The maximum atomic E-state index is 11.4. The zero-order valence-corrected chi connectivity index (χ0v) is 7.84. The monoisotopic (exact) mass is 196 g/mol. The smallest absolute Gasteiger partial charge is 0.310 e. The van der Waals surface area contributed by atoms with Crippen molar-refractivity contribution in [1.29, 1.82) is 0 Å². The third kappa shape index (κ3) is 1.14. The lowest BCUT2D eigenvalue weighted by Gasteiger charge is -2.21. The number of aliphatic carboxylic acids is 1. The Bertz CT molecular complexity index is 307. The highest BCUT2D eigenvalue weighted by molar-refractivity contribution is 5.83. The van der Waals surface area contributed by atoms with E-state index in [1.54, 1.807) is 0 Å². The molecule has 0 aromatic carbocycles. The summed E-state index contributed by atoms with van der Waals surface area (Å²) in [6.07, 6.45) is 4.62. The molecule has 1 saturated carbocycles. The molecule has 0 heterocycles. The van der Waals surface area contributed by atoms with Crippen molar-refractivity contribution in [3.05, 3.63) is 12.2 Å². The standard InChI is InChI=1S/C10H12O4/c1-14-10(13)8-6-3-2-5(4-6)7(8)9(11)12/h2-3,5-8H,4H2,1H3,(H,11,12). The van der Waals surface area contributed by atoms with E-state index >= 15 is 0 Å². The third-order valence-corrected chi connectivity index (χ3v) is 3.22. The quantitative estimate of drug-likeness (QED) is 0.521. The first-order valence-electron chi connectivity index (χ1n) is 4.64. The fourth-order valence-electron chi connectivity index (χ4n) is 2.62. The number of carbonyl (C=O) groups excluding carboxylic acids is 1. The van der Waals surface area contributed by atoms with Gasteiger partial charge in [0.25, 0.3) is 0 Å². The summed E-state index contributed by atoms with van der Waals surface area (Å²) in [6, 6.07) is 0. The first kappa shape index (κ1) is 9.24. The van der Waals surface area contributed by atoms with Gasteiger partial charge in [0.1, 0.15) is 0 Å². The van der Waals surface area contributed by atoms with E-state index in [4.69, 9.17) is 5.11 Å². The first-order chi connectivity index (χ1) is 6.65. The number of rotatable bonds is 2. The minimum atomic E-state index is -0.891. The topological polar surface area (TPSA) is 63.6 Å². The fraction of sp³-hybridized carbons (Fsp3) is 0.600. The summed E-state index contributed by atoms with van der Waals surface area (Å²) < 4.78 is 4.63. The minimum Gasteiger partial charge on any atom is -0.481 e. The second-order valence-corrected chi connectivity index (χ2v) is 3.86. The molecule has 0 spiro atoms. The zero-order chi connectivity index (χ0) is 10.3. The van der Waals surface area contributed by atoms with E-state index in [2.05, 4.69) is 4.74 Å². The van der Waals surface area contributed by atoms with Crippen LogP contribution >= 0.6 is 0 Å². The Morgan fingerprint density at radius 2 is 1.86 bits per heavy atom. The third-order valence-electron chi connectivity index (χ3n) is 3.22. The molecule has 4 unspecified atom stereocenters. The van der Waals surface area contributed by atoms with Gasteiger partial charge in [-0.25, -0.2) is 0 Å². The van der Waals surface area contributed by atoms with Gasteiger partial charge in [0.15, 0.2) is 0 Å². The van der Waals surface area contributed by atoms with Crippen molar-refractivity contribution >= 4 is 11.9 Å². The SMILES string of the molecule is COC(=O)C1C2C=CC(C2)C1C(=O)O. The van der Waals surface area contributed by atoms with Crippen LogP contribution in [0, 0.1) is 23.7 Å². The molecule has 0 saturated heterocycles. The summed E-state index contributed by atoms with van der Waals surface area (Å²) in [5.41, 5.74) is 0. The maximum absolute atomic E-state index is 11.4. The van der Waals surface area contributed by atoms with Crippen LogP contribution in [-0.2, 0) is 14.3 Å². The normalized spacial score (nSPS) is 38.6. The van der Waals surface area contributed by atoms with Crippen LogP contribution in [0.5, 0.6) is 0 Å². The van der Waals surface area contributed by atoms with Crippen molar-refractivity contribution in [2.75, 3.05) is 7.11 Å². The molecule has 2 bridgehead atoms.